The van der Waals surface area contributed by atoms with Gasteiger partial charge in [-0.3, -0.25) is 9.78 Å². The molecule has 0 saturated heterocycles. The zero-order valence-electron chi connectivity index (χ0n) is 10.5. The van der Waals surface area contributed by atoms with Crippen molar-refractivity contribution in [3.63, 3.8) is 0 Å². The number of hydrogen-bond donors (Lipinski definition) is 1. The summed E-state index contributed by atoms with van der Waals surface area (Å²) < 4.78 is 2.12. The van der Waals surface area contributed by atoms with E-state index in [4.69, 9.17) is 0 Å². The lowest BCUT2D eigenvalue weighted by Crippen LogP contribution is -2.22. The summed E-state index contributed by atoms with van der Waals surface area (Å²) in [6, 6.07) is 11.6. The molecule has 0 saturated carbocycles. The van der Waals surface area contributed by atoms with Crippen LogP contribution in [0.4, 0.5) is 0 Å². The number of halogens is 1. The quantitative estimate of drug-likeness (QED) is 0.778. The molecule has 0 aliphatic rings. The van der Waals surface area contributed by atoms with Gasteiger partial charge >= 0.3 is 0 Å². The van der Waals surface area contributed by atoms with E-state index in [-0.39, 0.29) is 5.91 Å². The average Bonchev–Trinajstić information content (AvgIpc) is 2.89. The standard InChI is InChI=1S/C15H11BrN2OS/c16-10-4-5-12-13(9-20-14(12)7-10)15(19)18-8-11-3-1-2-6-17-11/h1-7,9H,8H2,(H,18,19). The lowest BCUT2D eigenvalue weighted by molar-refractivity contribution is 0.0952. The molecule has 3 rings (SSSR count). The predicted molar refractivity (Wildman–Crippen MR) is 84.9 cm³/mol. The summed E-state index contributed by atoms with van der Waals surface area (Å²) in [7, 11) is 0. The molecule has 0 unspecified atom stereocenters. The van der Waals surface area contributed by atoms with E-state index in [0.717, 1.165) is 20.3 Å². The van der Waals surface area contributed by atoms with Gasteiger partial charge in [0.1, 0.15) is 0 Å². The van der Waals surface area contributed by atoms with Crippen LogP contribution in [0.25, 0.3) is 10.1 Å². The number of rotatable bonds is 3. The van der Waals surface area contributed by atoms with Crippen molar-refractivity contribution in [3.8, 4) is 0 Å². The van der Waals surface area contributed by atoms with Crippen LogP contribution in [-0.4, -0.2) is 10.9 Å². The monoisotopic (exact) mass is 346 g/mol. The van der Waals surface area contributed by atoms with Crippen LogP contribution >= 0.6 is 27.3 Å². The van der Waals surface area contributed by atoms with Gasteiger partial charge < -0.3 is 5.32 Å². The number of carbonyl (C=O) groups excluding carboxylic acids is 1. The maximum absolute atomic E-state index is 12.2. The van der Waals surface area contributed by atoms with Gasteiger partial charge in [-0.15, -0.1) is 11.3 Å². The fourth-order valence-electron chi connectivity index (χ4n) is 1.95. The van der Waals surface area contributed by atoms with Crippen molar-refractivity contribution in [1.82, 2.24) is 10.3 Å². The molecule has 1 N–H and O–H groups in total. The molecule has 0 radical (unpaired) electrons. The second kappa shape index (κ2) is 5.73. The first kappa shape index (κ1) is 13.3. The lowest BCUT2D eigenvalue weighted by Gasteiger charge is -2.04. The minimum Gasteiger partial charge on any atom is -0.346 e. The number of amides is 1. The Balaban J connectivity index is 1.79. The van der Waals surface area contributed by atoms with Gasteiger partial charge in [0, 0.05) is 26.1 Å². The highest BCUT2D eigenvalue weighted by Gasteiger charge is 2.12. The van der Waals surface area contributed by atoms with Gasteiger partial charge in [0.25, 0.3) is 5.91 Å². The number of carbonyl (C=O) groups is 1. The Kier molecular flexibility index (Phi) is 3.80. The van der Waals surface area contributed by atoms with E-state index in [9.17, 15) is 4.79 Å². The first-order chi connectivity index (χ1) is 9.74. The maximum Gasteiger partial charge on any atom is 0.253 e. The largest absolute Gasteiger partial charge is 0.346 e. The fraction of sp³-hybridized carbons (Fsp3) is 0.0667. The molecule has 20 heavy (non-hydrogen) atoms. The molecule has 0 fully saturated rings. The topological polar surface area (TPSA) is 42.0 Å². The van der Waals surface area contributed by atoms with E-state index in [1.807, 2.05) is 41.8 Å². The third-order valence-electron chi connectivity index (χ3n) is 2.94. The summed E-state index contributed by atoms with van der Waals surface area (Å²) in [4.78, 5) is 16.4. The minimum absolute atomic E-state index is 0.0655. The van der Waals surface area contributed by atoms with E-state index in [1.54, 1.807) is 17.5 Å². The molecule has 0 aliphatic carbocycles. The van der Waals surface area contributed by atoms with Gasteiger partial charge in [0.05, 0.1) is 17.8 Å². The normalized spacial score (nSPS) is 10.7. The third-order valence-corrected chi connectivity index (χ3v) is 4.38. The molecule has 2 aromatic heterocycles. The molecule has 0 spiro atoms. The van der Waals surface area contributed by atoms with Crippen LogP contribution in [0, 0.1) is 0 Å². The van der Waals surface area contributed by atoms with Crippen molar-refractivity contribution in [2.45, 2.75) is 6.54 Å². The highest BCUT2D eigenvalue weighted by Crippen LogP contribution is 2.28. The van der Waals surface area contributed by atoms with Gasteiger partial charge in [-0.1, -0.05) is 28.1 Å². The Bertz CT molecular complexity index is 755. The average molecular weight is 347 g/mol. The molecule has 0 aliphatic heterocycles. The number of thiophene rings is 1. The van der Waals surface area contributed by atoms with E-state index >= 15 is 0 Å². The van der Waals surface area contributed by atoms with Crippen molar-refractivity contribution in [1.29, 1.82) is 0 Å². The van der Waals surface area contributed by atoms with Crippen LogP contribution < -0.4 is 5.32 Å². The van der Waals surface area contributed by atoms with Crippen LogP contribution in [0.1, 0.15) is 16.1 Å². The molecule has 3 aromatic rings. The maximum atomic E-state index is 12.2. The van der Waals surface area contributed by atoms with E-state index in [1.165, 1.54) is 0 Å². The molecule has 0 atom stereocenters. The SMILES string of the molecule is O=C(NCc1ccccn1)c1csc2cc(Br)ccc12. The summed E-state index contributed by atoms with van der Waals surface area (Å²) in [6.07, 6.45) is 1.72. The molecule has 1 amide bonds. The Labute approximate surface area is 128 Å². The van der Waals surface area contributed by atoms with E-state index in [2.05, 4.69) is 26.2 Å². The summed E-state index contributed by atoms with van der Waals surface area (Å²) in [5.74, 6) is -0.0655. The molecular weight excluding hydrogens is 336 g/mol. The zero-order valence-corrected chi connectivity index (χ0v) is 12.9. The first-order valence-electron chi connectivity index (χ1n) is 6.09. The van der Waals surface area contributed by atoms with Gasteiger partial charge in [-0.2, -0.15) is 0 Å². The fourth-order valence-corrected chi connectivity index (χ4v) is 3.44. The Morgan fingerprint density at radius 1 is 1.30 bits per heavy atom. The van der Waals surface area contributed by atoms with Crippen molar-refractivity contribution >= 4 is 43.3 Å². The van der Waals surface area contributed by atoms with Gasteiger partial charge in [-0.05, 0) is 24.3 Å². The number of nitrogens with zero attached hydrogens (tertiary/aromatic N) is 1. The number of fused-ring (bicyclic) bond motifs is 1. The van der Waals surface area contributed by atoms with Crippen LogP contribution in [0.5, 0.6) is 0 Å². The smallest absolute Gasteiger partial charge is 0.253 e. The molecule has 1 aromatic carbocycles. The third kappa shape index (κ3) is 2.73. The molecular formula is C15H11BrN2OS. The molecule has 5 heteroatoms. The second-order valence-corrected chi connectivity index (χ2v) is 6.12. The van der Waals surface area contributed by atoms with Crippen molar-refractivity contribution in [2.75, 3.05) is 0 Å². The summed E-state index contributed by atoms with van der Waals surface area (Å²) in [6.45, 7) is 0.438. The van der Waals surface area contributed by atoms with Crippen LogP contribution in [0.2, 0.25) is 0 Å². The summed E-state index contributed by atoms with van der Waals surface area (Å²) in [5, 5.41) is 5.78. The molecule has 2 heterocycles. The number of benzene rings is 1. The van der Waals surface area contributed by atoms with Crippen molar-refractivity contribution in [3.05, 3.63) is 63.7 Å². The van der Waals surface area contributed by atoms with Gasteiger partial charge in [-0.25, -0.2) is 0 Å². The van der Waals surface area contributed by atoms with E-state index < -0.39 is 0 Å². The van der Waals surface area contributed by atoms with Crippen LogP contribution in [-0.2, 0) is 6.54 Å². The molecule has 100 valence electrons. The number of pyridine rings is 1. The van der Waals surface area contributed by atoms with Crippen molar-refractivity contribution in [2.24, 2.45) is 0 Å². The molecule has 3 nitrogen and oxygen atoms in total. The van der Waals surface area contributed by atoms with Gasteiger partial charge in [0.15, 0.2) is 0 Å². The Morgan fingerprint density at radius 3 is 3.00 bits per heavy atom. The second-order valence-electron chi connectivity index (χ2n) is 4.29. The predicted octanol–water partition coefficient (Wildman–Crippen LogP) is 3.99. The van der Waals surface area contributed by atoms with Gasteiger partial charge in [0.2, 0.25) is 0 Å². The van der Waals surface area contributed by atoms with Crippen LogP contribution in [0.15, 0.2) is 52.4 Å². The van der Waals surface area contributed by atoms with E-state index in [0.29, 0.717) is 12.1 Å². The summed E-state index contributed by atoms with van der Waals surface area (Å²) in [5.41, 5.74) is 1.57. The summed E-state index contributed by atoms with van der Waals surface area (Å²) >= 11 is 5.01. The van der Waals surface area contributed by atoms with Crippen LogP contribution in [0.3, 0.4) is 0 Å². The number of aromatic nitrogens is 1. The Morgan fingerprint density at radius 2 is 2.20 bits per heavy atom. The zero-order chi connectivity index (χ0) is 13.9. The highest BCUT2D eigenvalue weighted by molar-refractivity contribution is 9.10. The highest BCUT2D eigenvalue weighted by atomic mass is 79.9. The number of hydrogen-bond acceptors (Lipinski definition) is 3. The minimum atomic E-state index is -0.0655. The first-order valence-corrected chi connectivity index (χ1v) is 7.76. The van der Waals surface area contributed by atoms with Crippen molar-refractivity contribution < 1.29 is 4.79 Å². The number of nitrogens with one attached hydrogen (secondary N) is 1. The lowest BCUT2D eigenvalue weighted by atomic mass is 10.1. The Hall–Kier alpha value is -1.72. The molecule has 0 bridgehead atoms.